The van der Waals surface area contributed by atoms with Crippen molar-refractivity contribution in [1.82, 2.24) is 29.4 Å². The van der Waals surface area contributed by atoms with Crippen LogP contribution < -0.4 is 0 Å². The topological polar surface area (TPSA) is 68.8 Å². The second kappa shape index (κ2) is 6.43. The highest BCUT2D eigenvalue weighted by Gasteiger charge is 2.12. The summed E-state index contributed by atoms with van der Waals surface area (Å²) in [6, 6.07) is 7.56. The number of hydrogen-bond acceptors (Lipinski definition) is 4. The summed E-state index contributed by atoms with van der Waals surface area (Å²) in [7, 11) is 3.65. The van der Waals surface area contributed by atoms with Crippen molar-refractivity contribution in [2.24, 2.45) is 7.05 Å². The minimum absolute atomic E-state index is 0.0128. The molecule has 0 radical (unpaired) electrons. The van der Waals surface area contributed by atoms with E-state index in [0.29, 0.717) is 18.7 Å². The van der Waals surface area contributed by atoms with E-state index in [4.69, 9.17) is 0 Å². The molecule has 1 aromatic carbocycles. The van der Waals surface area contributed by atoms with E-state index in [9.17, 15) is 4.79 Å². The zero-order valence-corrected chi connectivity index (χ0v) is 13.1. The average Bonchev–Trinajstić information content (AvgIpc) is 3.19. The molecule has 0 spiro atoms. The van der Waals surface area contributed by atoms with Crippen LogP contribution in [0.15, 0.2) is 49.3 Å². The van der Waals surface area contributed by atoms with Gasteiger partial charge in [-0.25, -0.2) is 9.67 Å². The standard InChI is InChI=1S/C16H18N6O/c1-20(8-14-7-18-21(2)9-14)16(23)15-5-3-13(4-6-15)10-22-12-17-11-19-22/h3-7,9,11-12H,8,10H2,1-2H3. The number of rotatable bonds is 5. The third kappa shape index (κ3) is 3.63. The van der Waals surface area contributed by atoms with Gasteiger partial charge < -0.3 is 4.90 Å². The summed E-state index contributed by atoms with van der Waals surface area (Å²) in [4.78, 5) is 18.1. The Labute approximate surface area is 134 Å². The lowest BCUT2D eigenvalue weighted by atomic mass is 10.1. The molecule has 0 aliphatic heterocycles. The highest BCUT2D eigenvalue weighted by molar-refractivity contribution is 5.94. The Bertz CT molecular complexity index is 775. The van der Waals surface area contributed by atoms with Crippen LogP contribution in [0, 0.1) is 0 Å². The molecule has 1 amide bonds. The van der Waals surface area contributed by atoms with Crippen LogP contribution in [0.5, 0.6) is 0 Å². The van der Waals surface area contributed by atoms with Crippen molar-refractivity contribution >= 4 is 5.91 Å². The Morgan fingerprint density at radius 1 is 1.17 bits per heavy atom. The molecule has 0 aliphatic rings. The van der Waals surface area contributed by atoms with Gasteiger partial charge in [0.05, 0.1) is 12.7 Å². The molecule has 2 heterocycles. The highest BCUT2D eigenvalue weighted by Crippen LogP contribution is 2.10. The lowest BCUT2D eigenvalue weighted by Gasteiger charge is -2.16. The molecule has 2 aromatic heterocycles. The smallest absolute Gasteiger partial charge is 0.253 e. The quantitative estimate of drug-likeness (QED) is 0.713. The summed E-state index contributed by atoms with van der Waals surface area (Å²) < 4.78 is 3.47. The first-order chi connectivity index (χ1) is 11.1. The number of carbonyl (C=O) groups is 1. The van der Waals surface area contributed by atoms with Crippen molar-refractivity contribution in [3.05, 3.63) is 66.0 Å². The third-order valence-electron chi connectivity index (χ3n) is 3.54. The van der Waals surface area contributed by atoms with Crippen LogP contribution >= 0.6 is 0 Å². The molecule has 118 valence electrons. The fourth-order valence-electron chi connectivity index (χ4n) is 2.37. The highest BCUT2D eigenvalue weighted by atomic mass is 16.2. The van der Waals surface area contributed by atoms with E-state index in [-0.39, 0.29) is 5.91 Å². The van der Waals surface area contributed by atoms with E-state index < -0.39 is 0 Å². The monoisotopic (exact) mass is 310 g/mol. The summed E-state index contributed by atoms with van der Waals surface area (Å²) in [5.74, 6) is -0.0128. The van der Waals surface area contributed by atoms with E-state index in [1.165, 1.54) is 6.33 Å². The van der Waals surface area contributed by atoms with Gasteiger partial charge in [-0.15, -0.1) is 0 Å². The maximum atomic E-state index is 12.5. The van der Waals surface area contributed by atoms with E-state index in [1.54, 1.807) is 33.8 Å². The number of nitrogens with zero attached hydrogens (tertiary/aromatic N) is 6. The molecule has 3 rings (SSSR count). The molecule has 0 N–H and O–H groups in total. The maximum Gasteiger partial charge on any atom is 0.253 e. The molecule has 0 saturated heterocycles. The minimum Gasteiger partial charge on any atom is -0.337 e. The zero-order valence-electron chi connectivity index (χ0n) is 13.1. The van der Waals surface area contributed by atoms with Crippen LogP contribution in [0.1, 0.15) is 21.5 Å². The second-order valence-corrected chi connectivity index (χ2v) is 5.47. The molecule has 0 unspecified atom stereocenters. The van der Waals surface area contributed by atoms with Gasteiger partial charge >= 0.3 is 0 Å². The number of aromatic nitrogens is 5. The third-order valence-corrected chi connectivity index (χ3v) is 3.54. The first-order valence-electron chi connectivity index (χ1n) is 7.26. The molecule has 0 bridgehead atoms. The van der Waals surface area contributed by atoms with Crippen molar-refractivity contribution in [3.63, 3.8) is 0 Å². The second-order valence-electron chi connectivity index (χ2n) is 5.47. The first-order valence-corrected chi connectivity index (χ1v) is 7.26. The Morgan fingerprint density at radius 3 is 2.57 bits per heavy atom. The van der Waals surface area contributed by atoms with Gasteiger partial charge in [-0.1, -0.05) is 12.1 Å². The van der Waals surface area contributed by atoms with Gasteiger partial charge in [-0.05, 0) is 17.7 Å². The van der Waals surface area contributed by atoms with Gasteiger partial charge in [-0.2, -0.15) is 10.2 Å². The zero-order chi connectivity index (χ0) is 16.2. The Kier molecular flexibility index (Phi) is 4.18. The van der Waals surface area contributed by atoms with Crippen LogP contribution in [0.4, 0.5) is 0 Å². The van der Waals surface area contributed by atoms with Crippen LogP contribution in [0.3, 0.4) is 0 Å². The van der Waals surface area contributed by atoms with Crippen LogP contribution in [0.2, 0.25) is 0 Å². The SMILES string of the molecule is CN(Cc1cnn(C)c1)C(=O)c1ccc(Cn2cncn2)cc1. The van der Waals surface area contributed by atoms with E-state index in [2.05, 4.69) is 15.2 Å². The predicted octanol–water partition coefficient (Wildman–Crippen LogP) is 1.33. The number of benzene rings is 1. The molecule has 0 saturated carbocycles. The molecule has 0 atom stereocenters. The summed E-state index contributed by atoms with van der Waals surface area (Å²) in [5.41, 5.74) is 2.74. The number of hydrogen-bond donors (Lipinski definition) is 0. The summed E-state index contributed by atoms with van der Waals surface area (Å²) in [6.45, 7) is 1.17. The normalized spacial score (nSPS) is 10.7. The molecular weight excluding hydrogens is 292 g/mol. The Hall–Kier alpha value is -2.96. The molecule has 7 nitrogen and oxygen atoms in total. The van der Waals surface area contributed by atoms with Crippen LogP contribution in [-0.2, 0) is 20.1 Å². The van der Waals surface area contributed by atoms with Gasteiger partial charge in [0.1, 0.15) is 12.7 Å². The first kappa shape index (κ1) is 15.0. The summed E-state index contributed by atoms with van der Waals surface area (Å²) in [5, 5.41) is 8.18. The fourth-order valence-corrected chi connectivity index (χ4v) is 2.37. The van der Waals surface area contributed by atoms with Crippen molar-refractivity contribution in [2.75, 3.05) is 7.05 Å². The van der Waals surface area contributed by atoms with Gasteiger partial charge in [0.2, 0.25) is 0 Å². The molecular formula is C16H18N6O. The number of aryl methyl sites for hydroxylation is 1. The molecule has 3 aromatic rings. The molecule has 0 aliphatic carbocycles. The van der Waals surface area contributed by atoms with Gasteiger partial charge in [0.25, 0.3) is 5.91 Å². The van der Waals surface area contributed by atoms with E-state index in [0.717, 1.165) is 11.1 Å². The fraction of sp³-hybridized carbons (Fsp3) is 0.250. The van der Waals surface area contributed by atoms with Crippen LogP contribution in [0.25, 0.3) is 0 Å². The van der Waals surface area contributed by atoms with Crippen LogP contribution in [-0.4, -0.2) is 42.4 Å². The van der Waals surface area contributed by atoms with Crippen molar-refractivity contribution in [3.8, 4) is 0 Å². The molecule has 23 heavy (non-hydrogen) atoms. The van der Waals surface area contributed by atoms with E-state index >= 15 is 0 Å². The average molecular weight is 310 g/mol. The Morgan fingerprint density at radius 2 is 1.96 bits per heavy atom. The van der Waals surface area contributed by atoms with Crippen molar-refractivity contribution in [2.45, 2.75) is 13.1 Å². The van der Waals surface area contributed by atoms with Gasteiger partial charge in [0, 0.05) is 38.0 Å². The summed E-state index contributed by atoms with van der Waals surface area (Å²) >= 11 is 0. The molecule has 0 fully saturated rings. The minimum atomic E-state index is -0.0128. The van der Waals surface area contributed by atoms with E-state index in [1.807, 2.05) is 37.5 Å². The predicted molar refractivity (Wildman–Crippen MR) is 84.6 cm³/mol. The Balaban J connectivity index is 1.64. The van der Waals surface area contributed by atoms with Crippen molar-refractivity contribution in [1.29, 1.82) is 0 Å². The number of carbonyl (C=O) groups excluding carboxylic acids is 1. The summed E-state index contributed by atoms with van der Waals surface area (Å²) in [6.07, 6.45) is 6.85. The molecule has 7 heteroatoms. The lowest BCUT2D eigenvalue weighted by Crippen LogP contribution is -2.26. The van der Waals surface area contributed by atoms with Gasteiger partial charge in [-0.3, -0.25) is 9.48 Å². The number of amides is 1. The lowest BCUT2D eigenvalue weighted by molar-refractivity contribution is 0.0785. The largest absolute Gasteiger partial charge is 0.337 e. The van der Waals surface area contributed by atoms with Crippen molar-refractivity contribution < 1.29 is 4.79 Å². The van der Waals surface area contributed by atoms with Gasteiger partial charge in [0.15, 0.2) is 0 Å². The maximum absolute atomic E-state index is 12.5.